The first-order valence-electron chi connectivity index (χ1n) is 10.7. The smallest absolute Gasteiger partial charge is 0.122 e. The molecule has 0 saturated carbocycles. The van der Waals surface area contributed by atoms with E-state index in [2.05, 4.69) is 65.5 Å². The normalized spacial score (nSPS) is 15.9. The van der Waals surface area contributed by atoms with E-state index < -0.39 is 0 Å². The monoisotopic (exact) mass is 412 g/mol. The topological polar surface area (TPSA) is 28.3 Å². The highest BCUT2D eigenvalue weighted by molar-refractivity contribution is 5.85. The van der Waals surface area contributed by atoms with E-state index in [0.29, 0.717) is 6.04 Å². The van der Waals surface area contributed by atoms with Crippen molar-refractivity contribution in [2.24, 2.45) is 0 Å². The third kappa shape index (κ3) is 4.79. The van der Waals surface area contributed by atoms with Crippen LogP contribution in [0.4, 0.5) is 0 Å². The molecule has 4 rings (SSSR count). The van der Waals surface area contributed by atoms with Gasteiger partial charge in [-0.15, -0.1) is 12.4 Å². The molecule has 1 aromatic heterocycles. The number of hydrogen-bond acceptors (Lipinski definition) is 2. The molecule has 1 aliphatic rings. The number of rotatable bonds is 8. The maximum Gasteiger partial charge on any atom is 0.122 e. The number of aryl methyl sites for hydroxylation is 2. The molecule has 1 atom stereocenters. The fourth-order valence-corrected chi connectivity index (χ4v) is 4.81. The molecule has 0 spiro atoms. The van der Waals surface area contributed by atoms with Crippen LogP contribution >= 0.6 is 12.4 Å². The molecular formula is C25H33ClN2O. The maximum absolute atomic E-state index is 5.65. The van der Waals surface area contributed by atoms with E-state index in [0.717, 1.165) is 18.6 Å². The Kier molecular flexibility index (Phi) is 7.63. The maximum atomic E-state index is 5.65. The van der Waals surface area contributed by atoms with Crippen molar-refractivity contribution in [3.05, 3.63) is 65.4 Å². The fourth-order valence-electron chi connectivity index (χ4n) is 4.81. The lowest BCUT2D eigenvalue weighted by Crippen LogP contribution is -2.40. The molecule has 156 valence electrons. The Balaban J connectivity index is 0.00000240. The molecule has 1 heterocycles. The van der Waals surface area contributed by atoms with Gasteiger partial charge in [0.1, 0.15) is 5.75 Å². The highest BCUT2D eigenvalue weighted by Crippen LogP contribution is 2.31. The van der Waals surface area contributed by atoms with Crippen molar-refractivity contribution in [2.75, 3.05) is 20.2 Å². The van der Waals surface area contributed by atoms with Crippen molar-refractivity contribution in [2.45, 2.75) is 51.5 Å². The first kappa shape index (κ1) is 21.7. The number of aromatic nitrogens is 1. The first-order valence-corrected chi connectivity index (χ1v) is 10.7. The van der Waals surface area contributed by atoms with Gasteiger partial charge in [0.05, 0.1) is 7.11 Å². The van der Waals surface area contributed by atoms with Gasteiger partial charge >= 0.3 is 0 Å². The van der Waals surface area contributed by atoms with Gasteiger partial charge < -0.3 is 14.6 Å². The molecule has 1 aliphatic carbocycles. The van der Waals surface area contributed by atoms with Crippen molar-refractivity contribution in [1.29, 1.82) is 0 Å². The number of aromatic amines is 1. The van der Waals surface area contributed by atoms with E-state index in [4.69, 9.17) is 4.74 Å². The molecule has 0 bridgehead atoms. The molecule has 0 amide bonds. The predicted octanol–water partition coefficient (Wildman–Crippen LogP) is 5.80. The molecule has 0 aliphatic heterocycles. The van der Waals surface area contributed by atoms with Crippen molar-refractivity contribution < 1.29 is 4.74 Å². The molecule has 3 nitrogen and oxygen atoms in total. The van der Waals surface area contributed by atoms with Crippen molar-refractivity contribution in [3.8, 4) is 5.75 Å². The van der Waals surface area contributed by atoms with E-state index in [-0.39, 0.29) is 12.4 Å². The van der Waals surface area contributed by atoms with Crippen LogP contribution in [-0.4, -0.2) is 36.1 Å². The standard InChI is InChI=1S/C25H32N2O.ClH/c1-3-15-27(16-7-9-20-18-26-24-11-5-4-10-22(20)24)21-14-13-19-8-6-12-25(28-2)23(19)17-21;/h4-6,8,10-12,18,21,26H,3,7,9,13-17H2,1-2H3;1H. The summed E-state index contributed by atoms with van der Waals surface area (Å²) in [5.41, 5.74) is 5.60. The Morgan fingerprint density at radius 1 is 1.10 bits per heavy atom. The summed E-state index contributed by atoms with van der Waals surface area (Å²) in [5, 5.41) is 1.38. The Morgan fingerprint density at radius 2 is 1.97 bits per heavy atom. The summed E-state index contributed by atoms with van der Waals surface area (Å²) in [5.74, 6) is 1.07. The van der Waals surface area contributed by atoms with Crippen LogP contribution in [-0.2, 0) is 19.3 Å². The minimum absolute atomic E-state index is 0. The second-order valence-corrected chi connectivity index (χ2v) is 7.99. The van der Waals surface area contributed by atoms with Gasteiger partial charge in [0, 0.05) is 23.1 Å². The minimum Gasteiger partial charge on any atom is -0.496 e. The van der Waals surface area contributed by atoms with Crippen molar-refractivity contribution >= 4 is 23.3 Å². The summed E-state index contributed by atoms with van der Waals surface area (Å²) in [4.78, 5) is 6.14. The van der Waals surface area contributed by atoms with Crippen LogP contribution in [0.15, 0.2) is 48.7 Å². The van der Waals surface area contributed by atoms with Crippen LogP contribution in [0, 0.1) is 0 Å². The number of hydrogen-bond donors (Lipinski definition) is 1. The average Bonchev–Trinajstić information content (AvgIpc) is 3.15. The van der Waals surface area contributed by atoms with Crippen LogP contribution in [0.3, 0.4) is 0 Å². The second kappa shape index (κ2) is 10.2. The van der Waals surface area contributed by atoms with Crippen LogP contribution in [0.25, 0.3) is 10.9 Å². The number of nitrogens with one attached hydrogen (secondary N) is 1. The summed E-state index contributed by atoms with van der Waals surface area (Å²) in [6.07, 6.45) is 9.28. The number of para-hydroxylation sites is 1. The molecular weight excluding hydrogens is 380 g/mol. The van der Waals surface area contributed by atoms with Gasteiger partial charge in [0.15, 0.2) is 0 Å². The van der Waals surface area contributed by atoms with E-state index in [1.165, 1.54) is 66.4 Å². The quantitative estimate of drug-likeness (QED) is 0.506. The number of fused-ring (bicyclic) bond motifs is 2. The highest BCUT2D eigenvalue weighted by atomic mass is 35.5. The summed E-state index contributed by atoms with van der Waals surface area (Å²) in [6.45, 7) is 4.65. The number of methoxy groups -OCH3 is 1. The Morgan fingerprint density at radius 3 is 2.79 bits per heavy atom. The molecule has 4 heteroatoms. The van der Waals surface area contributed by atoms with Gasteiger partial charge in [-0.3, -0.25) is 0 Å². The molecule has 1 unspecified atom stereocenters. The van der Waals surface area contributed by atoms with E-state index in [9.17, 15) is 0 Å². The zero-order valence-corrected chi connectivity index (χ0v) is 18.4. The number of H-pyrrole nitrogens is 1. The number of nitrogens with zero attached hydrogens (tertiary/aromatic N) is 1. The molecule has 1 N–H and O–H groups in total. The van der Waals surface area contributed by atoms with Gasteiger partial charge in [-0.25, -0.2) is 0 Å². The molecule has 2 aromatic carbocycles. The predicted molar refractivity (Wildman–Crippen MR) is 125 cm³/mol. The molecule has 29 heavy (non-hydrogen) atoms. The van der Waals surface area contributed by atoms with E-state index in [1.807, 2.05) is 0 Å². The third-order valence-corrected chi connectivity index (χ3v) is 6.23. The van der Waals surface area contributed by atoms with Gasteiger partial charge in [-0.2, -0.15) is 0 Å². The van der Waals surface area contributed by atoms with Crippen LogP contribution in [0.2, 0.25) is 0 Å². The zero-order chi connectivity index (χ0) is 19.3. The van der Waals surface area contributed by atoms with Gasteiger partial charge in [0.2, 0.25) is 0 Å². The van der Waals surface area contributed by atoms with E-state index in [1.54, 1.807) is 7.11 Å². The van der Waals surface area contributed by atoms with E-state index >= 15 is 0 Å². The lowest BCUT2D eigenvalue weighted by molar-refractivity contribution is 0.176. The molecule has 0 fully saturated rings. The van der Waals surface area contributed by atoms with Crippen molar-refractivity contribution in [1.82, 2.24) is 9.88 Å². The SMILES string of the molecule is CCCN(CCCc1c[nH]c2ccccc12)C1CCc2cccc(OC)c2C1.Cl. The molecule has 0 saturated heterocycles. The van der Waals surface area contributed by atoms with Crippen LogP contribution in [0.1, 0.15) is 42.9 Å². The summed E-state index contributed by atoms with van der Waals surface area (Å²) >= 11 is 0. The third-order valence-electron chi connectivity index (χ3n) is 6.23. The fraction of sp³-hybridized carbons (Fsp3) is 0.440. The first-order chi connectivity index (χ1) is 13.8. The highest BCUT2D eigenvalue weighted by Gasteiger charge is 2.25. The molecule has 0 radical (unpaired) electrons. The van der Waals surface area contributed by atoms with Crippen molar-refractivity contribution in [3.63, 3.8) is 0 Å². The van der Waals surface area contributed by atoms with Crippen LogP contribution in [0.5, 0.6) is 5.75 Å². The summed E-state index contributed by atoms with van der Waals surface area (Å²) in [6, 6.07) is 15.8. The minimum atomic E-state index is 0. The van der Waals surface area contributed by atoms with Gasteiger partial charge in [-0.1, -0.05) is 37.3 Å². The summed E-state index contributed by atoms with van der Waals surface area (Å²) in [7, 11) is 1.80. The lowest BCUT2D eigenvalue weighted by atomic mass is 9.86. The Hall–Kier alpha value is -1.97. The Labute approximate surface area is 180 Å². The zero-order valence-electron chi connectivity index (χ0n) is 17.6. The Bertz CT molecular complexity index is 906. The molecule has 3 aromatic rings. The largest absolute Gasteiger partial charge is 0.496 e. The number of benzene rings is 2. The summed E-state index contributed by atoms with van der Waals surface area (Å²) < 4.78 is 5.65. The second-order valence-electron chi connectivity index (χ2n) is 7.99. The average molecular weight is 413 g/mol. The van der Waals surface area contributed by atoms with Crippen LogP contribution < -0.4 is 4.74 Å². The lowest BCUT2D eigenvalue weighted by Gasteiger charge is -2.35. The van der Waals surface area contributed by atoms with Gasteiger partial charge in [-0.05, 0) is 80.4 Å². The van der Waals surface area contributed by atoms with Gasteiger partial charge in [0.25, 0.3) is 0 Å². The number of ether oxygens (including phenoxy) is 1. The number of halogens is 1.